The van der Waals surface area contributed by atoms with Gasteiger partial charge in [0.2, 0.25) is 0 Å². The Morgan fingerprint density at radius 1 is 1.22 bits per heavy atom. The van der Waals surface area contributed by atoms with E-state index in [1.165, 1.54) is 0 Å². The van der Waals surface area contributed by atoms with Gasteiger partial charge in [0.25, 0.3) is 0 Å². The fourth-order valence-electron chi connectivity index (χ4n) is 4.52. The van der Waals surface area contributed by atoms with E-state index in [2.05, 4.69) is 56.4 Å². The lowest BCUT2D eigenvalue weighted by atomic mass is 9.95. The van der Waals surface area contributed by atoms with Crippen molar-refractivity contribution in [3.8, 4) is 11.3 Å². The van der Waals surface area contributed by atoms with Crippen LogP contribution in [0.4, 0.5) is 0 Å². The first-order valence-corrected chi connectivity index (χ1v) is 12.5. The molecule has 1 aliphatic rings. The smallest absolute Gasteiger partial charge is 0.315 e. The molecule has 1 amide bonds. The first-order chi connectivity index (χ1) is 17.1. The maximum Gasteiger partial charge on any atom is 0.315 e. The lowest BCUT2D eigenvalue weighted by Crippen LogP contribution is -2.32. The second-order valence-electron chi connectivity index (χ2n) is 10.5. The van der Waals surface area contributed by atoms with Gasteiger partial charge in [-0.2, -0.15) is 10.1 Å². The van der Waals surface area contributed by atoms with Crippen molar-refractivity contribution < 1.29 is 9.32 Å². The molecule has 3 aromatic heterocycles. The highest BCUT2D eigenvalue weighted by Crippen LogP contribution is 2.33. The molecule has 10 heteroatoms. The minimum atomic E-state index is -0.367. The molecule has 1 N–H and O–H groups in total. The van der Waals surface area contributed by atoms with Crippen LogP contribution >= 0.6 is 11.6 Å². The largest absolute Gasteiger partial charge is 0.341 e. The van der Waals surface area contributed by atoms with E-state index >= 15 is 0 Å². The summed E-state index contributed by atoms with van der Waals surface area (Å²) in [5.41, 5.74) is 4.49. The Labute approximate surface area is 214 Å². The SMILES string of the molecule is CC(C)N1CC[C@@H](NC(=O)c2nc(C(C)(C)C)no2)c2ccc(-c3nc(Cl)cn4nccc34)cc2C1. The number of hydrogen-bond donors (Lipinski definition) is 1. The molecule has 0 aliphatic carbocycles. The van der Waals surface area contributed by atoms with Crippen LogP contribution in [0.15, 0.2) is 41.2 Å². The molecule has 5 rings (SSSR count). The zero-order valence-electron chi connectivity index (χ0n) is 21.1. The Kier molecular flexibility index (Phi) is 6.30. The van der Waals surface area contributed by atoms with E-state index in [4.69, 9.17) is 16.1 Å². The first kappa shape index (κ1) is 24.4. The molecule has 1 atom stereocenters. The highest BCUT2D eigenvalue weighted by atomic mass is 35.5. The van der Waals surface area contributed by atoms with Gasteiger partial charge >= 0.3 is 11.8 Å². The number of rotatable bonds is 4. The first-order valence-electron chi connectivity index (χ1n) is 12.1. The molecule has 188 valence electrons. The van der Waals surface area contributed by atoms with E-state index in [0.717, 1.165) is 47.4 Å². The average Bonchev–Trinajstić information content (AvgIpc) is 3.46. The van der Waals surface area contributed by atoms with Crippen LogP contribution in [0.25, 0.3) is 16.8 Å². The number of benzene rings is 1. The summed E-state index contributed by atoms with van der Waals surface area (Å²) >= 11 is 6.29. The molecule has 0 radical (unpaired) electrons. The molecular formula is C26H30ClN7O2. The Morgan fingerprint density at radius 2 is 2.03 bits per heavy atom. The Bertz CT molecular complexity index is 1420. The number of fused-ring (bicyclic) bond motifs is 2. The normalized spacial score (nSPS) is 16.8. The molecule has 4 aromatic rings. The minimum absolute atomic E-state index is 0.0192. The lowest BCUT2D eigenvalue weighted by molar-refractivity contribution is 0.0887. The average molecular weight is 508 g/mol. The number of amides is 1. The van der Waals surface area contributed by atoms with Crippen molar-refractivity contribution in [3.05, 3.63) is 64.7 Å². The number of halogens is 1. The Balaban J connectivity index is 1.50. The van der Waals surface area contributed by atoms with Crippen LogP contribution in [0.1, 0.15) is 74.7 Å². The predicted molar refractivity (Wildman–Crippen MR) is 137 cm³/mol. The molecule has 0 unspecified atom stereocenters. The summed E-state index contributed by atoms with van der Waals surface area (Å²) in [4.78, 5) is 24.4. The number of carbonyl (C=O) groups is 1. The van der Waals surface area contributed by atoms with Crippen molar-refractivity contribution in [1.29, 1.82) is 0 Å². The summed E-state index contributed by atoms with van der Waals surface area (Å²) in [7, 11) is 0. The van der Waals surface area contributed by atoms with Crippen LogP contribution < -0.4 is 5.32 Å². The molecule has 1 aromatic carbocycles. The van der Waals surface area contributed by atoms with Gasteiger partial charge in [-0.25, -0.2) is 9.50 Å². The van der Waals surface area contributed by atoms with Gasteiger partial charge in [0.15, 0.2) is 5.82 Å². The van der Waals surface area contributed by atoms with Gasteiger partial charge < -0.3 is 9.84 Å². The summed E-state index contributed by atoms with van der Waals surface area (Å²) in [6, 6.07) is 8.32. The molecule has 0 spiro atoms. The fraction of sp³-hybridized carbons (Fsp3) is 0.423. The third-order valence-corrected chi connectivity index (χ3v) is 6.74. The summed E-state index contributed by atoms with van der Waals surface area (Å²) in [6.07, 6.45) is 4.19. The monoisotopic (exact) mass is 507 g/mol. The van der Waals surface area contributed by atoms with Crippen LogP contribution in [0.5, 0.6) is 0 Å². The number of nitrogens with zero attached hydrogens (tertiary/aromatic N) is 6. The zero-order chi connectivity index (χ0) is 25.6. The van der Waals surface area contributed by atoms with Gasteiger partial charge in [-0.15, -0.1) is 0 Å². The summed E-state index contributed by atoms with van der Waals surface area (Å²) in [5, 5.41) is 11.8. The molecular weight excluding hydrogens is 478 g/mol. The highest BCUT2D eigenvalue weighted by molar-refractivity contribution is 6.29. The molecule has 0 fully saturated rings. The molecule has 0 bridgehead atoms. The fourth-order valence-corrected chi connectivity index (χ4v) is 4.70. The summed E-state index contributed by atoms with van der Waals surface area (Å²) in [5.74, 6) is 0.118. The summed E-state index contributed by atoms with van der Waals surface area (Å²) in [6.45, 7) is 11.9. The molecule has 0 saturated carbocycles. The van der Waals surface area contributed by atoms with Gasteiger partial charge in [-0.05, 0) is 43.5 Å². The van der Waals surface area contributed by atoms with E-state index < -0.39 is 0 Å². The van der Waals surface area contributed by atoms with E-state index in [1.54, 1.807) is 16.9 Å². The maximum absolute atomic E-state index is 13.1. The summed E-state index contributed by atoms with van der Waals surface area (Å²) < 4.78 is 7.01. The minimum Gasteiger partial charge on any atom is -0.341 e. The van der Waals surface area contributed by atoms with Crippen molar-refractivity contribution in [2.24, 2.45) is 0 Å². The van der Waals surface area contributed by atoms with E-state index in [0.29, 0.717) is 17.0 Å². The quantitative estimate of drug-likeness (QED) is 0.422. The predicted octanol–water partition coefficient (Wildman–Crippen LogP) is 4.82. The van der Waals surface area contributed by atoms with E-state index in [1.807, 2.05) is 32.9 Å². The van der Waals surface area contributed by atoms with E-state index in [-0.39, 0.29) is 23.3 Å². The van der Waals surface area contributed by atoms with Gasteiger partial charge in [0.1, 0.15) is 5.15 Å². The number of nitrogens with one attached hydrogen (secondary N) is 1. The van der Waals surface area contributed by atoms with Gasteiger partial charge in [-0.1, -0.05) is 49.7 Å². The van der Waals surface area contributed by atoms with Crippen LogP contribution in [0.3, 0.4) is 0 Å². The van der Waals surface area contributed by atoms with Crippen LogP contribution in [0, 0.1) is 0 Å². The van der Waals surface area contributed by atoms with Gasteiger partial charge in [-0.3, -0.25) is 9.69 Å². The maximum atomic E-state index is 13.1. The second-order valence-corrected chi connectivity index (χ2v) is 10.9. The third-order valence-electron chi connectivity index (χ3n) is 6.56. The topological polar surface area (TPSA) is 101 Å². The van der Waals surface area contributed by atoms with Gasteiger partial charge in [0.05, 0.1) is 29.6 Å². The lowest BCUT2D eigenvalue weighted by Gasteiger charge is -2.24. The van der Waals surface area contributed by atoms with Crippen molar-refractivity contribution in [2.75, 3.05) is 6.54 Å². The van der Waals surface area contributed by atoms with Crippen LogP contribution in [-0.4, -0.2) is 48.1 Å². The Morgan fingerprint density at radius 3 is 2.75 bits per heavy atom. The zero-order valence-corrected chi connectivity index (χ0v) is 21.9. The number of hydrogen-bond acceptors (Lipinski definition) is 7. The molecule has 1 aliphatic heterocycles. The van der Waals surface area contributed by atoms with E-state index in [9.17, 15) is 4.79 Å². The Hall–Kier alpha value is -3.30. The van der Waals surface area contributed by atoms with Crippen molar-refractivity contribution >= 4 is 23.0 Å². The molecule has 4 heterocycles. The van der Waals surface area contributed by atoms with Crippen molar-refractivity contribution in [3.63, 3.8) is 0 Å². The van der Waals surface area contributed by atoms with Crippen molar-refractivity contribution in [2.45, 2.75) is 65.1 Å². The number of aromatic nitrogens is 5. The molecule has 36 heavy (non-hydrogen) atoms. The van der Waals surface area contributed by atoms with Gasteiger partial charge in [0, 0.05) is 30.1 Å². The van der Waals surface area contributed by atoms with Crippen LogP contribution in [0.2, 0.25) is 5.15 Å². The molecule has 0 saturated heterocycles. The third kappa shape index (κ3) is 4.73. The standard InChI is InChI=1S/C26H30ClN7O2/c1-15(2)33-11-9-19(29-23(35)24-31-25(32-36-24)26(3,4)5)18-7-6-16(12-17(18)13-33)22-20-8-10-28-34(20)14-21(27)30-22/h6-8,10,12,14-15,19H,9,11,13H2,1-5H3,(H,29,35)/t19-/m1/s1. The van der Waals surface area contributed by atoms with Crippen molar-refractivity contribution in [1.82, 2.24) is 35.0 Å². The number of carbonyl (C=O) groups excluding carboxylic acids is 1. The second kappa shape index (κ2) is 9.29. The van der Waals surface area contributed by atoms with Crippen LogP contribution in [-0.2, 0) is 12.0 Å². The highest BCUT2D eigenvalue weighted by Gasteiger charge is 2.29. The molecule has 9 nitrogen and oxygen atoms in total.